The highest BCUT2D eigenvalue weighted by molar-refractivity contribution is 7.89. The fourth-order valence-electron chi connectivity index (χ4n) is 3.09. The van der Waals surface area contributed by atoms with Gasteiger partial charge < -0.3 is 9.64 Å². The van der Waals surface area contributed by atoms with Crippen LogP contribution < -0.4 is 14.9 Å². The van der Waals surface area contributed by atoms with E-state index in [1.165, 1.54) is 25.7 Å². The number of nitrogens with zero attached hydrogens (tertiary/aromatic N) is 3. The normalized spacial score (nSPS) is 14.8. The van der Waals surface area contributed by atoms with Gasteiger partial charge in [0, 0.05) is 32.3 Å². The lowest BCUT2D eigenvalue weighted by molar-refractivity contribution is 0.102. The van der Waals surface area contributed by atoms with Gasteiger partial charge in [-0.3, -0.25) is 10.1 Å². The standard InChI is InChI=1S/C18H26N6O4S/c1-13-6-7-14(29(26,27)19-8-11-28-2)12-15(13)16(25)20-17-21-18(23-22-17)24-9-4-3-5-10-24/h6-7,12,19H,3-5,8-11H2,1-2H3,(H2,20,21,22,23,25). The fraction of sp³-hybridized carbons (Fsp3) is 0.500. The molecule has 0 atom stereocenters. The number of rotatable bonds is 8. The van der Waals surface area contributed by atoms with Gasteiger partial charge in [0.1, 0.15) is 0 Å². The Balaban J connectivity index is 1.73. The molecular formula is C18H26N6O4S. The molecule has 3 N–H and O–H groups in total. The lowest BCUT2D eigenvalue weighted by Gasteiger charge is -2.24. The molecule has 11 heteroatoms. The third-order valence-corrected chi connectivity index (χ3v) is 6.17. The van der Waals surface area contributed by atoms with Crippen LogP contribution in [0.25, 0.3) is 0 Å². The Hall–Kier alpha value is -2.50. The number of hydrogen-bond acceptors (Lipinski definition) is 7. The van der Waals surface area contributed by atoms with Crippen molar-refractivity contribution >= 4 is 27.8 Å². The molecule has 1 saturated heterocycles. The van der Waals surface area contributed by atoms with Gasteiger partial charge in [-0.15, -0.1) is 5.10 Å². The van der Waals surface area contributed by atoms with Crippen LogP contribution in [-0.2, 0) is 14.8 Å². The summed E-state index contributed by atoms with van der Waals surface area (Å²) in [5, 5.41) is 9.55. The smallest absolute Gasteiger partial charge is 0.258 e. The van der Waals surface area contributed by atoms with Crippen molar-refractivity contribution in [3.63, 3.8) is 0 Å². The Bertz CT molecular complexity index is 953. The number of aromatic nitrogens is 3. The number of piperidine rings is 1. The van der Waals surface area contributed by atoms with E-state index in [9.17, 15) is 13.2 Å². The van der Waals surface area contributed by atoms with E-state index in [1.807, 2.05) is 0 Å². The molecule has 1 amide bonds. The summed E-state index contributed by atoms with van der Waals surface area (Å²) in [5.41, 5.74) is 0.893. The van der Waals surface area contributed by atoms with Gasteiger partial charge in [-0.2, -0.15) is 4.98 Å². The van der Waals surface area contributed by atoms with Crippen LogP contribution in [0.5, 0.6) is 0 Å². The maximum Gasteiger partial charge on any atom is 0.258 e. The molecule has 0 aliphatic carbocycles. The number of nitrogens with one attached hydrogen (secondary N) is 3. The first-order chi connectivity index (χ1) is 13.9. The second-order valence-electron chi connectivity index (χ2n) is 6.85. The molecule has 2 aromatic rings. The minimum absolute atomic E-state index is 0.0101. The summed E-state index contributed by atoms with van der Waals surface area (Å²) in [6, 6.07) is 4.41. The summed E-state index contributed by atoms with van der Waals surface area (Å²) in [5.74, 6) is 0.314. The fourth-order valence-corrected chi connectivity index (χ4v) is 4.13. The van der Waals surface area contributed by atoms with E-state index < -0.39 is 15.9 Å². The molecule has 1 aromatic heterocycles. The van der Waals surface area contributed by atoms with Gasteiger partial charge in [0.2, 0.25) is 21.9 Å². The summed E-state index contributed by atoms with van der Waals surface area (Å²) in [4.78, 5) is 19.1. The number of carbonyl (C=O) groups excluding carboxylic acids is 1. The highest BCUT2D eigenvalue weighted by Crippen LogP contribution is 2.19. The van der Waals surface area contributed by atoms with Crippen LogP contribution >= 0.6 is 0 Å². The Morgan fingerprint density at radius 3 is 2.76 bits per heavy atom. The van der Waals surface area contributed by atoms with Crippen molar-refractivity contribution in [2.45, 2.75) is 31.1 Å². The Labute approximate surface area is 170 Å². The molecule has 1 aliphatic rings. The predicted octanol–water partition coefficient (Wildman–Crippen LogP) is 1.28. The number of H-pyrrole nitrogens is 1. The number of methoxy groups -OCH3 is 1. The molecule has 1 aromatic carbocycles. The van der Waals surface area contributed by atoms with Gasteiger partial charge in [0.15, 0.2) is 0 Å². The van der Waals surface area contributed by atoms with Crippen LogP contribution in [-0.4, -0.2) is 62.9 Å². The van der Waals surface area contributed by atoms with Gasteiger partial charge in [-0.25, -0.2) is 18.2 Å². The van der Waals surface area contributed by atoms with Crippen LogP contribution in [0.2, 0.25) is 0 Å². The van der Waals surface area contributed by atoms with Gasteiger partial charge in [0.05, 0.1) is 11.5 Å². The number of aryl methyl sites for hydroxylation is 1. The second-order valence-corrected chi connectivity index (χ2v) is 8.62. The second kappa shape index (κ2) is 9.33. The molecule has 0 radical (unpaired) electrons. The maximum absolute atomic E-state index is 12.7. The minimum Gasteiger partial charge on any atom is -0.383 e. The molecular weight excluding hydrogens is 396 g/mol. The monoisotopic (exact) mass is 422 g/mol. The van der Waals surface area contributed by atoms with Crippen LogP contribution in [0.15, 0.2) is 23.1 Å². The number of anilines is 2. The van der Waals surface area contributed by atoms with Crippen LogP contribution in [0.4, 0.5) is 11.9 Å². The van der Waals surface area contributed by atoms with Gasteiger partial charge in [-0.05, 0) is 43.9 Å². The van der Waals surface area contributed by atoms with E-state index in [4.69, 9.17) is 4.74 Å². The van der Waals surface area contributed by atoms with Crippen molar-refractivity contribution in [2.75, 3.05) is 43.6 Å². The van der Waals surface area contributed by atoms with Crippen molar-refractivity contribution in [1.29, 1.82) is 0 Å². The molecule has 0 spiro atoms. The van der Waals surface area contributed by atoms with Crippen LogP contribution in [0.3, 0.4) is 0 Å². The Kier molecular flexibility index (Phi) is 6.83. The molecule has 0 bridgehead atoms. The van der Waals surface area contributed by atoms with Crippen molar-refractivity contribution in [3.05, 3.63) is 29.3 Å². The van der Waals surface area contributed by atoms with E-state index in [2.05, 4.69) is 30.1 Å². The lowest BCUT2D eigenvalue weighted by atomic mass is 10.1. The zero-order valence-corrected chi connectivity index (χ0v) is 17.4. The number of benzene rings is 1. The van der Waals surface area contributed by atoms with Crippen LogP contribution in [0, 0.1) is 6.92 Å². The molecule has 0 saturated carbocycles. The van der Waals surface area contributed by atoms with E-state index in [-0.39, 0.29) is 29.6 Å². The summed E-state index contributed by atoms with van der Waals surface area (Å²) >= 11 is 0. The first-order valence-corrected chi connectivity index (χ1v) is 11.0. The highest BCUT2D eigenvalue weighted by Gasteiger charge is 2.20. The number of ether oxygens (including phenoxy) is 1. The average molecular weight is 423 g/mol. The SMILES string of the molecule is COCCNS(=O)(=O)c1ccc(C)c(C(=O)Nc2nc(N3CCCCC3)n[nH]2)c1. The molecule has 1 aliphatic heterocycles. The number of aromatic amines is 1. The third kappa shape index (κ3) is 5.31. The van der Waals surface area contributed by atoms with Crippen LogP contribution in [0.1, 0.15) is 35.2 Å². The first-order valence-electron chi connectivity index (χ1n) is 9.48. The molecule has 2 heterocycles. The number of carbonyl (C=O) groups is 1. The molecule has 10 nitrogen and oxygen atoms in total. The van der Waals surface area contributed by atoms with Gasteiger partial charge >= 0.3 is 0 Å². The number of amides is 1. The Morgan fingerprint density at radius 1 is 1.28 bits per heavy atom. The van der Waals surface area contributed by atoms with E-state index >= 15 is 0 Å². The molecule has 29 heavy (non-hydrogen) atoms. The van der Waals surface area contributed by atoms with Gasteiger partial charge in [0.25, 0.3) is 5.91 Å². The van der Waals surface area contributed by atoms with Crippen molar-refractivity contribution in [2.24, 2.45) is 0 Å². The molecule has 158 valence electrons. The molecule has 3 rings (SSSR count). The molecule has 1 fully saturated rings. The average Bonchev–Trinajstić information content (AvgIpc) is 3.17. The van der Waals surface area contributed by atoms with E-state index in [1.54, 1.807) is 13.0 Å². The van der Waals surface area contributed by atoms with Crippen molar-refractivity contribution < 1.29 is 17.9 Å². The van der Waals surface area contributed by atoms with E-state index in [0.29, 0.717) is 11.5 Å². The molecule has 0 unspecified atom stereocenters. The predicted molar refractivity (Wildman–Crippen MR) is 109 cm³/mol. The topological polar surface area (TPSA) is 129 Å². The number of hydrogen-bond donors (Lipinski definition) is 3. The minimum atomic E-state index is -3.74. The highest BCUT2D eigenvalue weighted by atomic mass is 32.2. The summed E-state index contributed by atoms with van der Waals surface area (Å²) in [6.07, 6.45) is 3.38. The van der Waals surface area contributed by atoms with Crippen molar-refractivity contribution in [1.82, 2.24) is 19.9 Å². The van der Waals surface area contributed by atoms with E-state index in [0.717, 1.165) is 25.9 Å². The van der Waals surface area contributed by atoms with Crippen molar-refractivity contribution in [3.8, 4) is 0 Å². The zero-order valence-electron chi connectivity index (χ0n) is 16.6. The zero-order chi connectivity index (χ0) is 20.9. The summed E-state index contributed by atoms with van der Waals surface area (Å²) in [7, 11) is -2.25. The summed E-state index contributed by atoms with van der Waals surface area (Å²) < 4.78 is 32.1. The lowest BCUT2D eigenvalue weighted by Crippen LogP contribution is -2.30. The maximum atomic E-state index is 12.7. The quantitative estimate of drug-likeness (QED) is 0.547. The summed E-state index contributed by atoms with van der Waals surface area (Å²) in [6.45, 7) is 3.92. The number of sulfonamides is 1. The first kappa shape index (κ1) is 21.2. The Morgan fingerprint density at radius 2 is 2.03 bits per heavy atom. The third-order valence-electron chi connectivity index (χ3n) is 4.71. The van der Waals surface area contributed by atoms with Gasteiger partial charge in [-0.1, -0.05) is 6.07 Å². The largest absolute Gasteiger partial charge is 0.383 e.